The maximum absolute atomic E-state index is 11.8. The van der Waals surface area contributed by atoms with Gasteiger partial charge in [0.1, 0.15) is 24.7 Å². The van der Waals surface area contributed by atoms with Gasteiger partial charge in [0, 0.05) is 12.6 Å². The number of carbonyl (C=O) groups is 1. The maximum atomic E-state index is 11.8. The molecule has 0 radical (unpaired) electrons. The van der Waals surface area contributed by atoms with Crippen molar-refractivity contribution in [3.63, 3.8) is 0 Å². The van der Waals surface area contributed by atoms with Crippen LogP contribution in [-0.2, 0) is 16.0 Å². The highest BCUT2D eigenvalue weighted by molar-refractivity contribution is 5.69. The molecule has 0 aliphatic carbocycles. The van der Waals surface area contributed by atoms with Crippen LogP contribution in [0.25, 0.3) is 11.5 Å². The molecule has 0 aliphatic rings. The molecule has 0 bridgehead atoms. The topological polar surface area (TPSA) is 111 Å². The van der Waals surface area contributed by atoms with E-state index in [1.54, 1.807) is 42.6 Å². The summed E-state index contributed by atoms with van der Waals surface area (Å²) >= 11 is 0. The summed E-state index contributed by atoms with van der Waals surface area (Å²) in [5.41, 5.74) is 1.16. The Hall–Kier alpha value is -3.73. The number of ether oxygens (including phenoxy) is 2. The van der Waals surface area contributed by atoms with Gasteiger partial charge in [0.05, 0.1) is 18.1 Å². The molecule has 1 aromatic carbocycles. The van der Waals surface area contributed by atoms with E-state index in [9.17, 15) is 4.79 Å². The van der Waals surface area contributed by atoms with Crippen molar-refractivity contribution < 1.29 is 18.8 Å². The zero-order chi connectivity index (χ0) is 18.9. The van der Waals surface area contributed by atoms with Crippen LogP contribution >= 0.6 is 0 Å². The molecular weight excluding hydrogens is 348 g/mol. The van der Waals surface area contributed by atoms with E-state index in [2.05, 4.69) is 15.1 Å². The lowest BCUT2D eigenvalue weighted by Crippen LogP contribution is -2.12. The van der Waals surface area contributed by atoms with E-state index in [0.717, 1.165) is 0 Å². The third kappa shape index (κ3) is 5.37. The minimum Gasteiger partial charge on any atom is -0.490 e. The van der Waals surface area contributed by atoms with Crippen LogP contribution in [0.15, 0.2) is 53.2 Å². The van der Waals surface area contributed by atoms with Crippen molar-refractivity contribution in [2.45, 2.75) is 12.8 Å². The Morgan fingerprint density at radius 3 is 2.74 bits per heavy atom. The molecule has 27 heavy (non-hydrogen) atoms. The summed E-state index contributed by atoms with van der Waals surface area (Å²) in [6, 6.07) is 14.1. The molecule has 0 unspecified atom stereocenters. The first-order valence-electron chi connectivity index (χ1n) is 8.27. The molecule has 3 rings (SSSR count). The van der Waals surface area contributed by atoms with Crippen LogP contribution in [0.3, 0.4) is 0 Å². The van der Waals surface area contributed by atoms with Crippen LogP contribution in [0, 0.1) is 11.3 Å². The largest absolute Gasteiger partial charge is 0.490 e. The van der Waals surface area contributed by atoms with Gasteiger partial charge in [0.25, 0.3) is 0 Å². The van der Waals surface area contributed by atoms with E-state index in [0.29, 0.717) is 28.7 Å². The second kappa shape index (κ2) is 9.10. The molecule has 0 saturated carbocycles. The third-order valence-electron chi connectivity index (χ3n) is 3.50. The predicted octanol–water partition coefficient (Wildman–Crippen LogP) is 2.56. The molecule has 0 fully saturated rings. The normalized spacial score (nSPS) is 10.2. The summed E-state index contributed by atoms with van der Waals surface area (Å²) in [7, 11) is 0. The smallest absolute Gasteiger partial charge is 0.306 e. The summed E-state index contributed by atoms with van der Waals surface area (Å²) in [5, 5.41) is 12.6. The zero-order valence-corrected chi connectivity index (χ0v) is 14.4. The van der Waals surface area contributed by atoms with E-state index >= 15 is 0 Å². The van der Waals surface area contributed by atoms with Gasteiger partial charge >= 0.3 is 5.97 Å². The molecule has 8 heteroatoms. The minimum atomic E-state index is -0.379. The lowest BCUT2D eigenvalue weighted by molar-refractivity contribution is -0.144. The molecule has 136 valence electrons. The van der Waals surface area contributed by atoms with Crippen molar-refractivity contribution >= 4 is 5.97 Å². The number of nitrogens with zero attached hydrogens (tertiary/aromatic N) is 4. The second-order valence-corrected chi connectivity index (χ2v) is 5.43. The van der Waals surface area contributed by atoms with E-state index in [1.807, 2.05) is 12.1 Å². The SMILES string of the molecule is N#Cc1ccc(OCCOC(=O)CCc2nc(-c3ccccn3)no2)cc1. The first-order chi connectivity index (χ1) is 13.2. The minimum absolute atomic E-state index is 0.126. The number of aryl methyl sites for hydroxylation is 1. The predicted molar refractivity (Wildman–Crippen MR) is 93.5 cm³/mol. The summed E-state index contributed by atoms with van der Waals surface area (Å²) in [5.74, 6) is 0.963. The highest BCUT2D eigenvalue weighted by Crippen LogP contribution is 2.13. The molecule has 0 N–H and O–H groups in total. The van der Waals surface area contributed by atoms with Gasteiger partial charge in [0.15, 0.2) is 0 Å². The maximum Gasteiger partial charge on any atom is 0.306 e. The van der Waals surface area contributed by atoms with Gasteiger partial charge in [-0.15, -0.1) is 0 Å². The summed E-state index contributed by atoms with van der Waals surface area (Å²) < 4.78 is 15.7. The molecule has 2 aromatic heterocycles. The number of esters is 1. The van der Waals surface area contributed by atoms with Crippen LogP contribution in [0.4, 0.5) is 0 Å². The van der Waals surface area contributed by atoms with Crippen LogP contribution in [0.1, 0.15) is 17.9 Å². The van der Waals surface area contributed by atoms with Gasteiger partial charge in [-0.05, 0) is 36.4 Å². The van der Waals surface area contributed by atoms with Crippen LogP contribution in [-0.4, -0.2) is 34.3 Å². The average molecular weight is 364 g/mol. The zero-order valence-electron chi connectivity index (χ0n) is 14.4. The van der Waals surface area contributed by atoms with Crippen molar-refractivity contribution in [1.29, 1.82) is 5.26 Å². The summed E-state index contributed by atoms with van der Waals surface area (Å²) in [6.07, 6.45) is 2.05. The fraction of sp³-hybridized carbons (Fsp3) is 0.211. The standard InChI is InChI=1S/C19H16N4O4/c20-13-14-4-6-15(7-5-14)25-11-12-26-18(24)9-8-17-22-19(23-27-17)16-3-1-2-10-21-16/h1-7,10H,8-9,11-12H2. The van der Waals surface area contributed by atoms with E-state index < -0.39 is 0 Å². The second-order valence-electron chi connectivity index (χ2n) is 5.43. The fourth-order valence-electron chi connectivity index (χ4n) is 2.18. The summed E-state index contributed by atoms with van der Waals surface area (Å²) in [6.45, 7) is 0.351. The lowest BCUT2D eigenvalue weighted by atomic mass is 10.2. The van der Waals surface area contributed by atoms with E-state index in [1.165, 1.54) is 0 Å². The van der Waals surface area contributed by atoms with Gasteiger partial charge in [-0.3, -0.25) is 9.78 Å². The van der Waals surface area contributed by atoms with Crippen LogP contribution in [0.5, 0.6) is 5.75 Å². The van der Waals surface area contributed by atoms with Gasteiger partial charge in [-0.2, -0.15) is 10.2 Å². The number of carbonyl (C=O) groups excluding carboxylic acids is 1. The van der Waals surface area contributed by atoms with E-state index in [-0.39, 0.29) is 32.0 Å². The average Bonchev–Trinajstić information content (AvgIpc) is 3.20. The monoisotopic (exact) mass is 364 g/mol. The van der Waals surface area contributed by atoms with Crippen molar-refractivity contribution in [1.82, 2.24) is 15.1 Å². The first kappa shape index (κ1) is 18.1. The number of hydrogen-bond acceptors (Lipinski definition) is 8. The number of nitriles is 1. The highest BCUT2D eigenvalue weighted by atomic mass is 16.6. The summed E-state index contributed by atoms with van der Waals surface area (Å²) in [4.78, 5) is 20.1. The van der Waals surface area contributed by atoms with Crippen molar-refractivity contribution in [2.24, 2.45) is 0 Å². The van der Waals surface area contributed by atoms with Gasteiger partial charge in [-0.1, -0.05) is 11.2 Å². The van der Waals surface area contributed by atoms with Crippen molar-refractivity contribution in [3.05, 3.63) is 60.1 Å². The molecular formula is C19H16N4O4. The lowest BCUT2D eigenvalue weighted by Gasteiger charge is -2.07. The molecule has 0 atom stereocenters. The van der Waals surface area contributed by atoms with Crippen molar-refractivity contribution in [2.75, 3.05) is 13.2 Å². The number of rotatable bonds is 8. The van der Waals surface area contributed by atoms with E-state index in [4.69, 9.17) is 19.3 Å². The Bertz CT molecular complexity index is 917. The number of aromatic nitrogens is 3. The number of pyridine rings is 1. The molecule has 8 nitrogen and oxygen atoms in total. The Morgan fingerprint density at radius 1 is 1.15 bits per heavy atom. The highest BCUT2D eigenvalue weighted by Gasteiger charge is 2.12. The van der Waals surface area contributed by atoms with Gasteiger partial charge in [0.2, 0.25) is 11.7 Å². The molecule has 0 spiro atoms. The van der Waals surface area contributed by atoms with Crippen molar-refractivity contribution in [3.8, 4) is 23.3 Å². The molecule has 0 aliphatic heterocycles. The molecule has 0 saturated heterocycles. The third-order valence-corrected chi connectivity index (χ3v) is 3.50. The molecule has 3 aromatic rings. The first-order valence-corrected chi connectivity index (χ1v) is 8.27. The van der Waals surface area contributed by atoms with Crippen LogP contribution < -0.4 is 4.74 Å². The fourth-order valence-corrected chi connectivity index (χ4v) is 2.18. The van der Waals surface area contributed by atoms with Gasteiger partial charge in [-0.25, -0.2) is 0 Å². The Morgan fingerprint density at radius 2 is 2.00 bits per heavy atom. The molecule has 0 amide bonds. The Kier molecular flexibility index (Phi) is 6.09. The quantitative estimate of drug-likeness (QED) is 0.443. The number of benzene rings is 1. The van der Waals surface area contributed by atoms with Gasteiger partial charge < -0.3 is 14.0 Å². The Labute approximate surface area is 155 Å². The Balaban J connectivity index is 1.36. The number of hydrogen-bond donors (Lipinski definition) is 0. The molecule has 2 heterocycles. The van der Waals surface area contributed by atoms with Crippen LogP contribution in [0.2, 0.25) is 0 Å².